The monoisotopic (exact) mass is 289 g/mol. The number of hydrogen-bond acceptors (Lipinski definition) is 5. The van der Waals surface area contributed by atoms with Gasteiger partial charge in [0.25, 0.3) is 0 Å². The Hall–Kier alpha value is -1.92. The van der Waals surface area contributed by atoms with Crippen molar-refractivity contribution in [3.05, 3.63) is 46.0 Å². The summed E-state index contributed by atoms with van der Waals surface area (Å²) in [6.07, 6.45) is 2.68. The van der Waals surface area contributed by atoms with E-state index < -0.39 is 0 Å². The zero-order chi connectivity index (χ0) is 14.1. The molecule has 5 nitrogen and oxygen atoms in total. The zero-order valence-corrected chi connectivity index (χ0v) is 11.7. The Kier molecular flexibility index (Phi) is 3.42. The van der Waals surface area contributed by atoms with E-state index >= 15 is 0 Å². The largest absolute Gasteiger partial charge is 0.504 e. The van der Waals surface area contributed by atoms with Gasteiger partial charge < -0.3 is 15.2 Å². The Morgan fingerprint density at radius 3 is 3.05 bits per heavy atom. The Bertz CT molecular complexity index is 699. The van der Waals surface area contributed by atoms with Gasteiger partial charge in [0, 0.05) is 49.1 Å². The topological polar surface area (TPSA) is 72.4 Å². The molecule has 6 heteroatoms. The van der Waals surface area contributed by atoms with Crippen molar-refractivity contribution >= 4 is 12.2 Å². The molecule has 0 fully saturated rings. The maximum atomic E-state index is 9.85. The summed E-state index contributed by atoms with van der Waals surface area (Å²) in [5, 5.41) is 19.4. The molecular weight excluding hydrogens is 274 g/mol. The number of fused-ring (bicyclic) bond motifs is 1. The average Bonchev–Trinajstić information content (AvgIpc) is 2.44. The Labute approximate surface area is 121 Å². The second-order valence-corrected chi connectivity index (χ2v) is 5.32. The summed E-state index contributed by atoms with van der Waals surface area (Å²) >= 11 is 5.02. The molecule has 1 aromatic carbocycles. The van der Waals surface area contributed by atoms with Crippen LogP contribution in [-0.2, 0) is 19.5 Å². The number of aromatic amines is 1. The van der Waals surface area contributed by atoms with Gasteiger partial charge in [-0.15, -0.1) is 0 Å². The molecule has 0 saturated carbocycles. The summed E-state index contributed by atoms with van der Waals surface area (Å²) in [6.45, 7) is 2.22. The summed E-state index contributed by atoms with van der Waals surface area (Å²) in [4.78, 5) is 9.43. The molecule has 0 spiro atoms. The molecule has 0 bridgehead atoms. The van der Waals surface area contributed by atoms with Gasteiger partial charge in [-0.1, -0.05) is 12.1 Å². The molecule has 20 heavy (non-hydrogen) atoms. The van der Waals surface area contributed by atoms with Crippen LogP contribution in [0.2, 0.25) is 0 Å². The lowest BCUT2D eigenvalue weighted by molar-refractivity contribution is 0.238. The van der Waals surface area contributed by atoms with E-state index in [1.807, 2.05) is 12.3 Å². The van der Waals surface area contributed by atoms with Crippen molar-refractivity contribution in [1.29, 1.82) is 0 Å². The van der Waals surface area contributed by atoms with Gasteiger partial charge in [0.05, 0.1) is 0 Å². The fourth-order valence-electron chi connectivity index (χ4n) is 2.49. The predicted molar refractivity (Wildman–Crippen MR) is 77.0 cm³/mol. The number of hydrogen-bond donors (Lipinski definition) is 3. The van der Waals surface area contributed by atoms with E-state index in [2.05, 4.69) is 14.9 Å². The summed E-state index contributed by atoms with van der Waals surface area (Å²) in [7, 11) is 0. The van der Waals surface area contributed by atoms with Crippen LogP contribution >= 0.6 is 12.2 Å². The zero-order valence-electron chi connectivity index (χ0n) is 10.8. The fraction of sp³-hybridized carbons (Fsp3) is 0.286. The fourth-order valence-corrected chi connectivity index (χ4v) is 2.66. The number of nitrogens with one attached hydrogen (secondary N) is 1. The molecule has 1 aliphatic heterocycles. The van der Waals surface area contributed by atoms with Crippen molar-refractivity contribution in [3.63, 3.8) is 0 Å². The lowest BCUT2D eigenvalue weighted by Crippen LogP contribution is -2.30. The first-order valence-corrected chi connectivity index (χ1v) is 6.83. The normalized spacial score (nSPS) is 15.0. The van der Waals surface area contributed by atoms with E-state index in [1.54, 1.807) is 6.07 Å². The van der Waals surface area contributed by atoms with E-state index in [0.29, 0.717) is 11.3 Å². The first kappa shape index (κ1) is 13.1. The van der Waals surface area contributed by atoms with E-state index in [4.69, 9.17) is 12.2 Å². The van der Waals surface area contributed by atoms with Gasteiger partial charge in [-0.25, -0.2) is 4.98 Å². The number of phenolic OH excluding ortho intramolecular Hbond substituents is 2. The number of H-pyrrole nitrogens is 1. The van der Waals surface area contributed by atoms with Crippen LogP contribution in [0, 0.1) is 4.77 Å². The van der Waals surface area contributed by atoms with E-state index in [0.717, 1.165) is 36.3 Å². The number of aromatic hydroxyl groups is 2. The van der Waals surface area contributed by atoms with Gasteiger partial charge in [-0.05, 0) is 18.3 Å². The molecule has 0 radical (unpaired) electrons. The van der Waals surface area contributed by atoms with Gasteiger partial charge in [0.15, 0.2) is 16.3 Å². The van der Waals surface area contributed by atoms with Crippen molar-refractivity contribution in [2.75, 3.05) is 6.54 Å². The van der Waals surface area contributed by atoms with Crippen LogP contribution < -0.4 is 0 Å². The van der Waals surface area contributed by atoms with Gasteiger partial charge >= 0.3 is 0 Å². The molecule has 0 aliphatic carbocycles. The number of benzene rings is 1. The smallest absolute Gasteiger partial charge is 0.196 e. The molecule has 2 heterocycles. The van der Waals surface area contributed by atoms with Crippen molar-refractivity contribution in [3.8, 4) is 11.5 Å². The van der Waals surface area contributed by atoms with Crippen molar-refractivity contribution in [1.82, 2.24) is 14.9 Å². The second-order valence-electron chi connectivity index (χ2n) is 4.94. The average molecular weight is 289 g/mol. The highest BCUT2D eigenvalue weighted by Gasteiger charge is 2.18. The molecule has 0 amide bonds. The van der Waals surface area contributed by atoms with Crippen LogP contribution in [0.3, 0.4) is 0 Å². The lowest BCUT2D eigenvalue weighted by Gasteiger charge is -2.28. The summed E-state index contributed by atoms with van der Waals surface area (Å²) < 4.78 is 0.517. The number of aromatic nitrogens is 2. The lowest BCUT2D eigenvalue weighted by atomic mass is 10.1. The van der Waals surface area contributed by atoms with Crippen LogP contribution in [0.15, 0.2) is 24.4 Å². The van der Waals surface area contributed by atoms with E-state index in [-0.39, 0.29) is 11.5 Å². The highest BCUT2D eigenvalue weighted by Crippen LogP contribution is 2.30. The molecule has 104 valence electrons. The van der Waals surface area contributed by atoms with Gasteiger partial charge in [0.2, 0.25) is 0 Å². The van der Waals surface area contributed by atoms with Crippen LogP contribution in [0.5, 0.6) is 11.5 Å². The van der Waals surface area contributed by atoms with Crippen molar-refractivity contribution in [2.45, 2.75) is 19.5 Å². The highest BCUT2D eigenvalue weighted by atomic mass is 32.1. The van der Waals surface area contributed by atoms with E-state index in [1.165, 1.54) is 6.07 Å². The van der Waals surface area contributed by atoms with Crippen LogP contribution in [0.4, 0.5) is 0 Å². The third kappa shape index (κ3) is 2.52. The first-order chi connectivity index (χ1) is 9.63. The number of phenols is 2. The number of rotatable bonds is 2. The van der Waals surface area contributed by atoms with Gasteiger partial charge in [-0.3, -0.25) is 4.90 Å². The second kappa shape index (κ2) is 5.22. The number of para-hydroxylation sites is 1. The molecule has 3 rings (SSSR count). The molecule has 1 aliphatic rings. The quantitative estimate of drug-likeness (QED) is 0.583. The maximum absolute atomic E-state index is 9.85. The van der Waals surface area contributed by atoms with Crippen LogP contribution in [-0.4, -0.2) is 31.6 Å². The summed E-state index contributed by atoms with van der Waals surface area (Å²) in [5.74, 6) is -0.116. The Balaban J connectivity index is 1.79. The summed E-state index contributed by atoms with van der Waals surface area (Å²) in [5.41, 5.74) is 3.00. The van der Waals surface area contributed by atoms with Gasteiger partial charge in [0.1, 0.15) is 0 Å². The third-order valence-electron chi connectivity index (χ3n) is 3.55. The number of nitrogens with zero attached hydrogens (tertiary/aromatic N) is 2. The molecule has 0 saturated heterocycles. The standard InChI is InChI=1S/C14H15N3O2S/c18-12-3-1-2-9(13(12)19)7-17-5-4-11-10(8-17)6-15-14(20)16-11/h1-3,6,18-19H,4-5,7-8H2,(H,15,16,20). The maximum Gasteiger partial charge on any atom is 0.196 e. The summed E-state index contributed by atoms with van der Waals surface area (Å²) in [6, 6.07) is 5.04. The molecule has 0 unspecified atom stereocenters. The van der Waals surface area contributed by atoms with E-state index in [9.17, 15) is 10.2 Å². The molecule has 0 atom stereocenters. The van der Waals surface area contributed by atoms with Crippen molar-refractivity contribution in [2.24, 2.45) is 0 Å². The highest BCUT2D eigenvalue weighted by molar-refractivity contribution is 7.71. The van der Waals surface area contributed by atoms with Crippen molar-refractivity contribution < 1.29 is 10.2 Å². The minimum absolute atomic E-state index is 0.0381. The van der Waals surface area contributed by atoms with Gasteiger partial charge in [-0.2, -0.15) is 0 Å². The minimum Gasteiger partial charge on any atom is -0.504 e. The predicted octanol–water partition coefficient (Wildman–Crippen LogP) is 2.11. The Morgan fingerprint density at radius 1 is 1.35 bits per heavy atom. The molecule has 3 N–H and O–H groups in total. The third-order valence-corrected chi connectivity index (χ3v) is 3.75. The molecule has 2 aromatic rings. The SMILES string of the molecule is Oc1cccc(CN2CCc3[nH]c(=S)ncc3C2)c1O. The Morgan fingerprint density at radius 2 is 2.20 bits per heavy atom. The van der Waals surface area contributed by atoms with Crippen LogP contribution in [0.25, 0.3) is 0 Å². The molecular formula is C14H15N3O2S. The first-order valence-electron chi connectivity index (χ1n) is 6.43. The molecule has 1 aromatic heterocycles. The minimum atomic E-state index is -0.0781. The van der Waals surface area contributed by atoms with Crippen LogP contribution in [0.1, 0.15) is 16.8 Å².